The molecule has 0 saturated heterocycles. The Morgan fingerprint density at radius 3 is 2.36 bits per heavy atom. The lowest BCUT2D eigenvalue weighted by Gasteiger charge is -2.24. The zero-order valence-corrected chi connectivity index (χ0v) is 13.2. The number of carbonyl (C=O) groups excluding carboxylic acids is 2. The molecule has 0 bridgehead atoms. The highest BCUT2D eigenvalue weighted by molar-refractivity contribution is 5.80. The molecule has 2 N–H and O–H groups in total. The van der Waals surface area contributed by atoms with Gasteiger partial charge in [-0.1, -0.05) is 25.5 Å². The fourth-order valence-corrected chi connectivity index (χ4v) is 2.08. The number of benzene rings is 1. The predicted octanol–water partition coefficient (Wildman–Crippen LogP) is 1.37. The maximum Gasteiger partial charge on any atom is 0.236 e. The van der Waals surface area contributed by atoms with Gasteiger partial charge < -0.3 is 10.6 Å². The Bertz CT molecular complexity index is 491. The molecule has 0 aliphatic carbocycles. The standard InChI is InChI=1S/C16H24FN3O2/c1-3-4-9-20(11-15(18)21)12-16(22)19(2)10-13-5-7-14(17)8-6-13/h5-8H,3-4,9-12H2,1-2H3,(H2,18,21). The number of hydrogen-bond donors (Lipinski definition) is 1. The average Bonchev–Trinajstić information content (AvgIpc) is 2.46. The van der Waals surface area contributed by atoms with Gasteiger partial charge in [-0.2, -0.15) is 0 Å². The molecular weight excluding hydrogens is 285 g/mol. The average molecular weight is 309 g/mol. The van der Waals surface area contributed by atoms with Gasteiger partial charge >= 0.3 is 0 Å². The van der Waals surface area contributed by atoms with E-state index in [0.29, 0.717) is 13.1 Å². The fraction of sp³-hybridized carbons (Fsp3) is 0.500. The molecule has 122 valence electrons. The summed E-state index contributed by atoms with van der Waals surface area (Å²) < 4.78 is 12.9. The van der Waals surface area contributed by atoms with Crippen LogP contribution < -0.4 is 5.73 Å². The second-order valence-corrected chi connectivity index (χ2v) is 5.41. The third-order valence-electron chi connectivity index (χ3n) is 3.32. The van der Waals surface area contributed by atoms with Crippen molar-refractivity contribution >= 4 is 11.8 Å². The number of halogens is 1. The summed E-state index contributed by atoms with van der Waals surface area (Å²) in [5.41, 5.74) is 6.07. The summed E-state index contributed by atoms with van der Waals surface area (Å²) in [4.78, 5) is 26.6. The Morgan fingerprint density at radius 2 is 1.82 bits per heavy atom. The van der Waals surface area contributed by atoms with Crippen LogP contribution in [0.1, 0.15) is 25.3 Å². The summed E-state index contributed by atoms with van der Waals surface area (Å²) in [6.07, 6.45) is 1.89. The van der Waals surface area contributed by atoms with E-state index in [1.54, 1.807) is 29.0 Å². The van der Waals surface area contributed by atoms with Gasteiger partial charge in [-0.05, 0) is 30.7 Å². The van der Waals surface area contributed by atoms with Crippen molar-refractivity contribution in [1.82, 2.24) is 9.80 Å². The zero-order valence-electron chi connectivity index (χ0n) is 13.2. The van der Waals surface area contributed by atoms with Gasteiger partial charge in [-0.3, -0.25) is 14.5 Å². The summed E-state index contributed by atoms with van der Waals surface area (Å²) in [5.74, 6) is -0.836. The molecule has 0 atom stereocenters. The molecule has 6 heteroatoms. The van der Waals surface area contributed by atoms with Crippen LogP contribution in [0.15, 0.2) is 24.3 Å². The predicted molar refractivity (Wildman–Crippen MR) is 83.4 cm³/mol. The molecule has 0 heterocycles. The molecule has 1 aromatic rings. The smallest absolute Gasteiger partial charge is 0.236 e. The maximum absolute atomic E-state index is 12.9. The van der Waals surface area contributed by atoms with Gasteiger partial charge in [0, 0.05) is 13.6 Å². The summed E-state index contributed by atoms with van der Waals surface area (Å²) >= 11 is 0. The molecule has 0 radical (unpaired) electrons. The highest BCUT2D eigenvalue weighted by Crippen LogP contribution is 2.06. The maximum atomic E-state index is 12.9. The van der Waals surface area contributed by atoms with E-state index in [9.17, 15) is 14.0 Å². The Labute approximate surface area is 130 Å². The second kappa shape index (κ2) is 9.15. The van der Waals surface area contributed by atoms with Gasteiger partial charge in [0.15, 0.2) is 0 Å². The van der Waals surface area contributed by atoms with Crippen molar-refractivity contribution in [1.29, 1.82) is 0 Å². The number of nitrogens with zero attached hydrogens (tertiary/aromatic N) is 2. The Morgan fingerprint density at radius 1 is 1.18 bits per heavy atom. The second-order valence-electron chi connectivity index (χ2n) is 5.41. The van der Waals surface area contributed by atoms with Gasteiger partial charge in [-0.25, -0.2) is 4.39 Å². The molecule has 0 fully saturated rings. The van der Waals surface area contributed by atoms with Crippen molar-refractivity contribution in [2.45, 2.75) is 26.3 Å². The van der Waals surface area contributed by atoms with Crippen LogP contribution in [-0.2, 0) is 16.1 Å². The first-order valence-corrected chi connectivity index (χ1v) is 7.41. The first-order chi connectivity index (χ1) is 10.4. The van der Waals surface area contributed by atoms with Crippen molar-refractivity contribution in [3.05, 3.63) is 35.6 Å². The van der Waals surface area contributed by atoms with Crippen molar-refractivity contribution in [2.24, 2.45) is 5.73 Å². The van der Waals surface area contributed by atoms with Crippen molar-refractivity contribution in [2.75, 3.05) is 26.7 Å². The van der Waals surface area contributed by atoms with Crippen molar-refractivity contribution < 1.29 is 14.0 Å². The van der Waals surface area contributed by atoms with E-state index in [1.807, 2.05) is 6.92 Å². The van der Waals surface area contributed by atoms with E-state index in [1.165, 1.54) is 12.1 Å². The van der Waals surface area contributed by atoms with E-state index in [0.717, 1.165) is 18.4 Å². The number of hydrogen-bond acceptors (Lipinski definition) is 3. The van der Waals surface area contributed by atoms with Crippen LogP contribution in [0.25, 0.3) is 0 Å². The lowest BCUT2D eigenvalue weighted by Crippen LogP contribution is -2.42. The number of likely N-dealkylation sites (N-methyl/N-ethyl adjacent to an activating group) is 1. The number of rotatable bonds is 9. The van der Waals surface area contributed by atoms with Gasteiger partial charge in [0.1, 0.15) is 5.82 Å². The van der Waals surface area contributed by atoms with Crippen LogP contribution in [0, 0.1) is 5.82 Å². The van der Waals surface area contributed by atoms with E-state index < -0.39 is 5.91 Å². The number of amides is 2. The molecular formula is C16H24FN3O2. The Hall–Kier alpha value is -1.95. The van der Waals surface area contributed by atoms with E-state index in [2.05, 4.69) is 0 Å². The van der Waals surface area contributed by atoms with Gasteiger partial charge in [0.25, 0.3) is 0 Å². The monoisotopic (exact) mass is 309 g/mol. The number of carbonyl (C=O) groups is 2. The van der Waals surface area contributed by atoms with E-state index in [4.69, 9.17) is 5.73 Å². The molecule has 1 aromatic carbocycles. The van der Waals surface area contributed by atoms with Crippen LogP contribution in [0.4, 0.5) is 4.39 Å². The molecule has 5 nitrogen and oxygen atoms in total. The number of primary amides is 1. The largest absolute Gasteiger partial charge is 0.369 e. The van der Waals surface area contributed by atoms with Gasteiger partial charge in [0.2, 0.25) is 11.8 Å². The topological polar surface area (TPSA) is 66.6 Å². The molecule has 22 heavy (non-hydrogen) atoms. The minimum absolute atomic E-state index is 0.0795. The lowest BCUT2D eigenvalue weighted by atomic mass is 10.2. The first-order valence-electron chi connectivity index (χ1n) is 7.41. The first kappa shape index (κ1) is 18.1. The zero-order chi connectivity index (χ0) is 16.5. The summed E-state index contributed by atoms with van der Waals surface area (Å²) in [6, 6.07) is 6.04. The Kier molecular flexibility index (Phi) is 7.52. The van der Waals surface area contributed by atoms with Crippen molar-refractivity contribution in [3.63, 3.8) is 0 Å². The third-order valence-corrected chi connectivity index (χ3v) is 3.32. The molecule has 0 spiro atoms. The summed E-state index contributed by atoms with van der Waals surface area (Å²) in [5, 5.41) is 0. The molecule has 1 rings (SSSR count). The third kappa shape index (κ3) is 6.67. The van der Waals surface area contributed by atoms with Gasteiger partial charge in [-0.15, -0.1) is 0 Å². The van der Waals surface area contributed by atoms with Gasteiger partial charge in [0.05, 0.1) is 13.1 Å². The van der Waals surface area contributed by atoms with Crippen LogP contribution in [-0.4, -0.2) is 48.3 Å². The summed E-state index contributed by atoms with van der Waals surface area (Å²) in [7, 11) is 1.69. The molecule has 0 unspecified atom stereocenters. The highest BCUT2D eigenvalue weighted by atomic mass is 19.1. The lowest BCUT2D eigenvalue weighted by molar-refractivity contribution is -0.132. The fourth-order valence-electron chi connectivity index (χ4n) is 2.08. The van der Waals surface area contributed by atoms with E-state index in [-0.39, 0.29) is 24.8 Å². The molecule has 0 aromatic heterocycles. The number of nitrogens with two attached hydrogens (primary N) is 1. The van der Waals surface area contributed by atoms with Crippen LogP contribution in [0.2, 0.25) is 0 Å². The van der Waals surface area contributed by atoms with Crippen LogP contribution in [0.3, 0.4) is 0 Å². The SMILES string of the molecule is CCCCN(CC(N)=O)CC(=O)N(C)Cc1ccc(F)cc1. The van der Waals surface area contributed by atoms with Crippen molar-refractivity contribution in [3.8, 4) is 0 Å². The van der Waals surface area contributed by atoms with E-state index >= 15 is 0 Å². The minimum atomic E-state index is -0.440. The Balaban J connectivity index is 2.55. The van der Waals surface area contributed by atoms with Crippen LogP contribution in [0.5, 0.6) is 0 Å². The normalized spacial score (nSPS) is 10.7. The minimum Gasteiger partial charge on any atom is -0.369 e. The molecule has 0 aliphatic heterocycles. The highest BCUT2D eigenvalue weighted by Gasteiger charge is 2.16. The van der Waals surface area contributed by atoms with Crippen LogP contribution >= 0.6 is 0 Å². The molecule has 2 amide bonds. The quantitative estimate of drug-likeness (QED) is 0.749. The summed E-state index contributed by atoms with van der Waals surface area (Å²) in [6.45, 7) is 3.34. The molecule has 0 saturated carbocycles. The molecule has 0 aliphatic rings. The number of unbranched alkanes of at least 4 members (excludes halogenated alkanes) is 1.